The molecule has 0 saturated carbocycles. The molecule has 2 N–H and O–H groups in total. The van der Waals surface area contributed by atoms with Gasteiger partial charge in [0.1, 0.15) is 17.4 Å². The molecule has 0 saturated heterocycles. The van der Waals surface area contributed by atoms with Gasteiger partial charge in [0.2, 0.25) is 5.91 Å². The van der Waals surface area contributed by atoms with E-state index in [0.717, 1.165) is 15.8 Å². The normalized spacial score (nSPS) is 12.0. The van der Waals surface area contributed by atoms with Crippen molar-refractivity contribution < 1.29 is 14.3 Å². The van der Waals surface area contributed by atoms with E-state index < -0.39 is 6.04 Å². The number of fused-ring (bicyclic) bond motifs is 1. The molecule has 8 heteroatoms. The van der Waals surface area contributed by atoms with Gasteiger partial charge in [0.05, 0.1) is 19.3 Å². The van der Waals surface area contributed by atoms with Crippen LogP contribution in [0.15, 0.2) is 53.3 Å². The molecule has 1 aromatic carbocycles. The summed E-state index contributed by atoms with van der Waals surface area (Å²) in [5.41, 5.74) is 2.00. The second kappa shape index (κ2) is 9.09. The maximum absolute atomic E-state index is 12.7. The third-order valence-electron chi connectivity index (χ3n) is 4.50. The van der Waals surface area contributed by atoms with Crippen molar-refractivity contribution in [2.24, 2.45) is 5.92 Å². The van der Waals surface area contributed by atoms with E-state index in [1.165, 1.54) is 0 Å². The lowest BCUT2D eigenvalue weighted by Gasteiger charge is -2.21. The van der Waals surface area contributed by atoms with E-state index in [0.29, 0.717) is 11.3 Å². The van der Waals surface area contributed by atoms with Gasteiger partial charge in [-0.2, -0.15) is 0 Å². The van der Waals surface area contributed by atoms with E-state index in [4.69, 9.17) is 4.74 Å². The zero-order valence-electron chi connectivity index (χ0n) is 16.5. The number of ether oxygens (including phenoxy) is 1. The van der Waals surface area contributed by atoms with Gasteiger partial charge in [0, 0.05) is 22.4 Å². The summed E-state index contributed by atoms with van der Waals surface area (Å²) in [6, 6.07) is 9.89. The smallest absolute Gasteiger partial charge is 0.251 e. The van der Waals surface area contributed by atoms with Crippen LogP contribution in [0.3, 0.4) is 0 Å². The van der Waals surface area contributed by atoms with Gasteiger partial charge in [-0.3, -0.25) is 9.59 Å². The zero-order chi connectivity index (χ0) is 21.0. The second-order valence-electron chi connectivity index (χ2n) is 6.99. The lowest BCUT2D eigenvalue weighted by Crippen LogP contribution is -2.49. The van der Waals surface area contributed by atoms with Gasteiger partial charge in [-0.1, -0.05) is 13.8 Å². The molecule has 3 aromatic rings. The number of hydrogen-bond donors (Lipinski definition) is 2. The van der Waals surface area contributed by atoms with Gasteiger partial charge in [0.25, 0.3) is 5.91 Å². The van der Waals surface area contributed by atoms with Crippen molar-refractivity contribution in [2.75, 3.05) is 7.11 Å². The quantitative estimate of drug-likeness (QED) is 0.569. The molecule has 0 spiro atoms. The first-order valence-electron chi connectivity index (χ1n) is 9.23. The number of methoxy groups -OCH3 is 1. The minimum Gasteiger partial charge on any atom is -0.497 e. The highest BCUT2D eigenvalue weighted by molar-refractivity contribution is 9.10. The monoisotopic (exact) mass is 458 g/mol. The summed E-state index contributed by atoms with van der Waals surface area (Å²) in [6.45, 7) is 4.06. The number of amides is 2. The number of rotatable bonds is 7. The van der Waals surface area contributed by atoms with Crippen LogP contribution in [0.25, 0.3) is 5.65 Å². The number of nitrogens with one attached hydrogen (secondary N) is 2. The average Bonchev–Trinajstić information content (AvgIpc) is 3.11. The van der Waals surface area contributed by atoms with Crippen molar-refractivity contribution >= 4 is 33.4 Å². The fourth-order valence-electron chi connectivity index (χ4n) is 2.89. The number of carbonyl (C=O) groups is 2. The van der Waals surface area contributed by atoms with E-state index in [1.807, 2.05) is 42.8 Å². The van der Waals surface area contributed by atoms with Crippen LogP contribution in [-0.2, 0) is 11.3 Å². The SMILES string of the molecule is COc1ccc(C(=O)NC(C(=O)NCc2cn3cc(Br)ccc3n2)C(C)C)cc1. The standard InChI is InChI=1S/C21H23BrN4O3/c1-13(2)19(25-20(27)14-4-7-17(29-3)8-5-14)21(28)23-10-16-12-26-11-15(22)6-9-18(26)24-16/h4-9,11-13,19H,10H2,1-3H3,(H,23,28)(H,25,27). The summed E-state index contributed by atoms with van der Waals surface area (Å²) in [5, 5.41) is 5.69. The van der Waals surface area contributed by atoms with Crippen LogP contribution in [0, 0.1) is 5.92 Å². The van der Waals surface area contributed by atoms with Crippen LogP contribution in [0.5, 0.6) is 5.75 Å². The Kier molecular flexibility index (Phi) is 6.53. The Bertz CT molecular complexity index is 1010. The van der Waals surface area contributed by atoms with Crippen LogP contribution in [-0.4, -0.2) is 34.4 Å². The summed E-state index contributed by atoms with van der Waals surface area (Å²) in [6.07, 6.45) is 3.76. The molecular formula is C21H23BrN4O3. The second-order valence-corrected chi connectivity index (χ2v) is 7.90. The Morgan fingerprint density at radius 2 is 1.86 bits per heavy atom. The topological polar surface area (TPSA) is 84.7 Å². The van der Waals surface area contributed by atoms with Gasteiger partial charge in [0.15, 0.2) is 0 Å². The number of halogens is 1. The number of carbonyl (C=O) groups excluding carboxylic acids is 2. The predicted octanol–water partition coefficient (Wildman–Crippen LogP) is 3.18. The average molecular weight is 459 g/mol. The van der Waals surface area contributed by atoms with E-state index >= 15 is 0 Å². The Hall–Kier alpha value is -2.87. The number of benzene rings is 1. The van der Waals surface area contributed by atoms with Crippen molar-refractivity contribution in [3.05, 3.63) is 64.5 Å². The third-order valence-corrected chi connectivity index (χ3v) is 4.97. The van der Waals surface area contributed by atoms with Crippen LogP contribution in [0.4, 0.5) is 0 Å². The van der Waals surface area contributed by atoms with Gasteiger partial charge in [-0.15, -0.1) is 0 Å². The van der Waals surface area contributed by atoms with E-state index in [9.17, 15) is 9.59 Å². The van der Waals surface area contributed by atoms with Crippen molar-refractivity contribution in [2.45, 2.75) is 26.4 Å². The van der Waals surface area contributed by atoms with Crippen LogP contribution in [0.2, 0.25) is 0 Å². The molecule has 0 bridgehead atoms. The van der Waals surface area contributed by atoms with Crippen molar-refractivity contribution in [3.63, 3.8) is 0 Å². The highest BCUT2D eigenvalue weighted by Crippen LogP contribution is 2.14. The van der Waals surface area contributed by atoms with Gasteiger partial charge in [-0.05, 0) is 58.2 Å². The van der Waals surface area contributed by atoms with E-state index in [2.05, 4.69) is 31.5 Å². The molecule has 152 valence electrons. The molecule has 0 radical (unpaired) electrons. The van der Waals surface area contributed by atoms with Crippen LogP contribution < -0.4 is 15.4 Å². The van der Waals surface area contributed by atoms with Gasteiger partial charge in [-0.25, -0.2) is 4.98 Å². The summed E-state index contributed by atoms with van der Waals surface area (Å²) in [4.78, 5) is 29.7. The number of nitrogens with zero attached hydrogens (tertiary/aromatic N) is 2. The Labute approximate surface area is 177 Å². The number of aromatic nitrogens is 2. The van der Waals surface area contributed by atoms with E-state index in [1.54, 1.807) is 31.4 Å². The fourth-order valence-corrected chi connectivity index (χ4v) is 3.24. The zero-order valence-corrected chi connectivity index (χ0v) is 18.1. The molecule has 0 aliphatic heterocycles. The first-order chi connectivity index (χ1) is 13.9. The fraction of sp³-hybridized carbons (Fsp3) is 0.286. The first-order valence-corrected chi connectivity index (χ1v) is 10.0. The molecule has 3 rings (SSSR count). The Balaban J connectivity index is 1.64. The number of imidazole rings is 1. The van der Waals surface area contributed by atoms with Crippen molar-refractivity contribution in [1.29, 1.82) is 0 Å². The molecule has 1 unspecified atom stereocenters. The lowest BCUT2D eigenvalue weighted by molar-refractivity contribution is -0.124. The van der Waals surface area contributed by atoms with Crippen LogP contribution >= 0.6 is 15.9 Å². The molecule has 2 aromatic heterocycles. The minimum absolute atomic E-state index is 0.0748. The van der Waals surface area contributed by atoms with Gasteiger partial charge >= 0.3 is 0 Å². The summed E-state index contributed by atoms with van der Waals surface area (Å²) >= 11 is 3.42. The minimum atomic E-state index is -0.657. The maximum Gasteiger partial charge on any atom is 0.251 e. The Morgan fingerprint density at radius 3 is 2.52 bits per heavy atom. The summed E-state index contributed by atoms with van der Waals surface area (Å²) in [7, 11) is 1.57. The molecule has 1 atom stereocenters. The first kappa shape index (κ1) is 20.9. The molecule has 2 heterocycles. The van der Waals surface area contributed by atoms with Crippen LogP contribution in [0.1, 0.15) is 29.9 Å². The molecule has 2 amide bonds. The summed E-state index contributed by atoms with van der Waals surface area (Å²) in [5.74, 6) is 0.0348. The van der Waals surface area contributed by atoms with E-state index in [-0.39, 0.29) is 24.3 Å². The molecular weight excluding hydrogens is 436 g/mol. The highest BCUT2D eigenvalue weighted by atomic mass is 79.9. The maximum atomic E-state index is 12.7. The molecule has 0 aliphatic rings. The lowest BCUT2D eigenvalue weighted by atomic mass is 10.0. The predicted molar refractivity (Wildman–Crippen MR) is 114 cm³/mol. The van der Waals surface area contributed by atoms with Crippen molar-refractivity contribution in [1.82, 2.24) is 20.0 Å². The Morgan fingerprint density at radius 1 is 1.14 bits per heavy atom. The third kappa shape index (κ3) is 5.14. The van der Waals surface area contributed by atoms with Crippen molar-refractivity contribution in [3.8, 4) is 5.75 Å². The van der Waals surface area contributed by atoms with Gasteiger partial charge < -0.3 is 19.8 Å². The largest absolute Gasteiger partial charge is 0.497 e. The number of pyridine rings is 1. The molecule has 0 fully saturated rings. The summed E-state index contributed by atoms with van der Waals surface area (Å²) < 4.78 is 7.93. The molecule has 7 nitrogen and oxygen atoms in total. The number of hydrogen-bond acceptors (Lipinski definition) is 4. The highest BCUT2D eigenvalue weighted by Gasteiger charge is 2.24. The molecule has 29 heavy (non-hydrogen) atoms. The molecule has 0 aliphatic carbocycles.